The van der Waals surface area contributed by atoms with E-state index in [2.05, 4.69) is 20.3 Å². The molecule has 0 radical (unpaired) electrons. The highest BCUT2D eigenvalue weighted by Crippen LogP contribution is 2.18. The van der Waals surface area contributed by atoms with Crippen molar-refractivity contribution in [3.63, 3.8) is 0 Å². The molecule has 5 heteroatoms. The molecule has 1 unspecified atom stereocenters. The molecule has 78 valence electrons. The number of aryl methyl sites for hydroxylation is 1. The second-order valence-corrected chi connectivity index (χ2v) is 4.18. The van der Waals surface area contributed by atoms with Crippen molar-refractivity contribution in [1.82, 2.24) is 15.0 Å². The lowest BCUT2D eigenvalue weighted by Crippen LogP contribution is -2.09. The molecule has 0 aliphatic rings. The molecule has 0 amide bonds. The van der Waals surface area contributed by atoms with Crippen LogP contribution in [0.25, 0.3) is 0 Å². The van der Waals surface area contributed by atoms with Gasteiger partial charge in [0.15, 0.2) is 0 Å². The third-order valence-corrected chi connectivity index (χ3v) is 2.92. The van der Waals surface area contributed by atoms with Crippen molar-refractivity contribution in [2.24, 2.45) is 0 Å². The Kier molecular flexibility index (Phi) is 2.91. The summed E-state index contributed by atoms with van der Waals surface area (Å²) in [6.45, 7) is 3.99. The van der Waals surface area contributed by atoms with Crippen molar-refractivity contribution in [2.45, 2.75) is 19.9 Å². The van der Waals surface area contributed by atoms with E-state index in [-0.39, 0.29) is 6.04 Å². The zero-order valence-corrected chi connectivity index (χ0v) is 9.45. The predicted octanol–water partition coefficient (Wildman–Crippen LogP) is 2.41. The summed E-state index contributed by atoms with van der Waals surface area (Å²) in [5.41, 5.74) is 0.957. The molecule has 0 aliphatic carbocycles. The van der Waals surface area contributed by atoms with Crippen LogP contribution < -0.4 is 5.32 Å². The fourth-order valence-electron chi connectivity index (χ4n) is 1.22. The topological polar surface area (TPSA) is 50.7 Å². The summed E-state index contributed by atoms with van der Waals surface area (Å²) in [6, 6.07) is 2.02. The summed E-state index contributed by atoms with van der Waals surface area (Å²) in [4.78, 5) is 12.7. The van der Waals surface area contributed by atoms with Crippen molar-refractivity contribution in [3.8, 4) is 0 Å². The molecule has 15 heavy (non-hydrogen) atoms. The molecule has 0 saturated carbocycles. The number of nitrogens with one attached hydrogen (secondary N) is 1. The van der Waals surface area contributed by atoms with Crippen molar-refractivity contribution in [2.75, 3.05) is 5.32 Å². The summed E-state index contributed by atoms with van der Waals surface area (Å²) < 4.78 is 0. The first-order chi connectivity index (χ1) is 7.25. The molecular formula is C10H12N4S. The first-order valence-corrected chi connectivity index (χ1v) is 5.59. The van der Waals surface area contributed by atoms with Gasteiger partial charge in [0, 0.05) is 23.5 Å². The summed E-state index contributed by atoms with van der Waals surface area (Å²) in [5, 5.41) is 6.22. The van der Waals surface area contributed by atoms with Crippen LogP contribution in [0.15, 0.2) is 23.8 Å². The highest BCUT2D eigenvalue weighted by atomic mass is 32.1. The highest BCUT2D eigenvalue weighted by Gasteiger charge is 2.08. The number of hydrogen-bond acceptors (Lipinski definition) is 5. The number of thiazole rings is 1. The van der Waals surface area contributed by atoms with E-state index in [0.29, 0.717) is 5.95 Å². The number of anilines is 1. The van der Waals surface area contributed by atoms with Gasteiger partial charge in [0.1, 0.15) is 5.01 Å². The number of aromatic nitrogens is 3. The molecule has 1 N–H and O–H groups in total. The molecule has 0 aliphatic heterocycles. The molecule has 1 atom stereocenters. The van der Waals surface area contributed by atoms with Crippen LogP contribution >= 0.6 is 11.3 Å². The van der Waals surface area contributed by atoms with E-state index >= 15 is 0 Å². The maximum Gasteiger partial charge on any atom is 0.223 e. The van der Waals surface area contributed by atoms with Crippen molar-refractivity contribution < 1.29 is 0 Å². The van der Waals surface area contributed by atoms with Gasteiger partial charge in [0.2, 0.25) is 5.95 Å². The Balaban J connectivity index is 2.09. The third kappa shape index (κ3) is 2.50. The van der Waals surface area contributed by atoms with Crippen LogP contribution in [0.5, 0.6) is 0 Å². The number of nitrogens with zero attached hydrogens (tertiary/aromatic N) is 3. The van der Waals surface area contributed by atoms with Crippen LogP contribution in [0.2, 0.25) is 0 Å². The van der Waals surface area contributed by atoms with Crippen LogP contribution in [-0.4, -0.2) is 15.0 Å². The predicted molar refractivity (Wildman–Crippen MR) is 60.9 cm³/mol. The first kappa shape index (κ1) is 10.0. The summed E-state index contributed by atoms with van der Waals surface area (Å²) in [7, 11) is 0. The fourth-order valence-corrected chi connectivity index (χ4v) is 1.87. The zero-order valence-electron chi connectivity index (χ0n) is 8.64. The normalized spacial score (nSPS) is 12.4. The van der Waals surface area contributed by atoms with Crippen molar-refractivity contribution >= 4 is 17.3 Å². The average Bonchev–Trinajstić information content (AvgIpc) is 2.70. The molecule has 2 aromatic heterocycles. The molecule has 0 aromatic carbocycles. The van der Waals surface area contributed by atoms with Gasteiger partial charge in [-0.25, -0.2) is 15.0 Å². The van der Waals surface area contributed by atoms with Crippen molar-refractivity contribution in [1.29, 1.82) is 0 Å². The van der Waals surface area contributed by atoms with E-state index < -0.39 is 0 Å². The molecule has 0 fully saturated rings. The maximum atomic E-state index is 4.28. The highest BCUT2D eigenvalue weighted by molar-refractivity contribution is 7.09. The van der Waals surface area contributed by atoms with Crippen LogP contribution in [0.4, 0.5) is 5.95 Å². The average molecular weight is 220 g/mol. The summed E-state index contributed by atoms with van der Waals surface area (Å²) in [5.74, 6) is 0.651. The molecule has 2 heterocycles. The van der Waals surface area contributed by atoms with Gasteiger partial charge in [0.25, 0.3) is 0 Å². The molecule has 0 saturated heterocycles. The minimum atomic E-state index is 0.145. The Morgan fingerprint density at radius 1 is 1.33 bits per heavy atom. The van der Waals surface area contributed by atoms with Crippen LogP contribution in [-0.2, 0) is 0 Å². The van der Waals surface area contributed by atoms with Gasteiger partial charge in [-0.15, -0.1) is 11.3 Å². The Labute approximate surface area is 92.4 Å². The molecule has 0 spiro atoms. The fraction of sp³-hybridized carbons (Fsp3) is 0.300. The molecule has 2 rings (SSSR count). The monoisotopic (exact) mass is 220 g/mol. The Morgan fingerprint density at radius 3 is 2.87 bits per heavy atom. The van der Waals surface area contributed by atoms with Gasteiger partial charge in [-0.3, -0.25) is 0 Å². The summed E-state index contributed by atoms with van der Waals surface area (Å²) in [6.07, 6.45) is 3.55. The third-order valence-electron chi connectivity index (χ3n) is 1.96. The standard InChI is InChI=1S/C10H12N4S/c1-7-3-4-12-10(13-7)14-8(2)9-11-5-6-15-9/h3-6,8H,1-2H3,(H,12,13,14). The largest absolute Gasteiger partial charge is 0.345 e. The van der Waals surface area contributed by atoms with E-state index in [9.17, 15) is 0 Å². The van der Waals surface area contributed by atoms with E-state index in [4.69, 9.17) is 0 Å². The lowest BCUT2D eigenvalue weighted by Gasteiger charge is -2.10. The molecule has 4 nitrogen and oxygen atoms in total. The number of rotatable bonds is 3. The quantitative estimate of drug-likeness (QED) is 0.863. The molecular weight excluding hydrogens is 208 g/mol. The van der Waals surface area contributed by atoms with Gasteiger partial charge in [-0.2, -0.15) is 0 Å². The second-order valence-electron chi connectivity index (χ2n) is 3.26. The first-order valence-electron chi connectivity index (χ1n) is 4.71. The lowest BCUT2D eigenvalue weighted by molar-refractivity contribution is 0.845. The summed E-state index contributed by atoms with van der Waals surface area (Å²) >= 11 is 1.63. The van der Waals surface area contributed by atoms with Gasteiger partial charge < -0.3 is 5.32 Å². The lowest BCUT2D eigenvalue weighted by atomic mass is 10.3. The van der Waals surface area contributed by atoms with Crippen LogP contribution in [0.3, 0.4) is 0 Å². The maximum absolute atomic E-state index is 4.28. The molecule has 2 aromatic rings. The molecule has 0 bridgehead atoms. The van der Waals surface area contributed by atoms with Gasteiger partial charge in [0.05, 0.1) is 6.04 Å². The van der Waals surface area contributed by atoms with E-state index in [1.165, 1.54) is 0 Å². The Bertz CT molecular complexity index is 427. The minimum absolute atomic E-state index is 0.145. The van der Waals surface area contributed by atoms with E-state index in [1.807, 2.05) is 25.3 Å². The Hall–Kier alpha value is -1.49. The van der Waals surface area contributed by atoms with Gasteiger partial charge in [-0.05, 0) is 19.9 Å². The van der Waals surface area contributed by atoms with Gasteiger partial charge in [-0.1, -0.05) is 0 Å². The minimum Gasteiger partial charge on any atom is -0.345 e. The van der Waals surface area contributed by atoms with E-state index in [1.54, 1.807) is 23.7 Å². The van der Waals surface area contributed by atoms with Crippen LogP contribution in [0, 0.1) is 6.92 Å². The zero-order chi connectivity index (χ0) is 10.7. The van der Waals surface area contributed by atoms with Crippen LogP contribution in [0.1, 0.15) is 23.7 Å². The van der Waals surface area contributed by atoms with Gasteiger partial charge >= 0.3 is 0 Å². The number of hydrogen-bond donors (Lipinski definition) is 1. The second kappa shape index (κ2) is 4.35. The van der Waals surface area contributed by atoms with E-state index in [0.717, 1.165) is 10.7 Å². The smallest absolute Gasteiger partial charge is 0.223 e. The SMILES string of the molecule is Cc1ccnc(NC(C)c2nccs2)n1. The van der Waals surface area contributed by atoms with Crippen molar-refractivity contribution in [3.05, 3.63) is 34.5 Å². The Morgan fingerprint density at radius 2 is 2.20 bits per heavy atom.